The Kier molecular flexibility index (Phi) is 6.62. The largest absolute Gasteiger partial charge is 0.493 e. The quantitative estimate of drug-likeness (QED) is 0.184. The van der Waals surface area contributed by atoms with Crippen LogP contribution in [0.4, 0.5) is 10.1 Å². The number of Topliss-reactive ketones (excluding diaryl/α,β-unsaturated/α-hetero) is 3. The predicted molar refractivity (Wildman–Crippen MR) is 167 cm³/mol. The van der Waals surface area contributed by atoms with E-state index in [0.717, 1.165) is 5.56 Å². The van der Waals surface area contributed by atoms with Crippen molar-refractivity contribution in [2.75, 3.05) is 26.2 Å². The Labute approximate surface area is 259 Å². The maximum atomic E-state index is 14.9. The second-order valence-corrected chi connectivity index (χ2v) is 11.6. The van der Waals surface area contributed by atoms with Gasteiger partial charge in [-0.15, -0.1) is 0 Å². The first-order chi connectivity index (χ1) is 21.8. The molecule has 2 aliphatic heterocycles. The first kappa shape index (κ1) is 28.5. The molecular formula is C37H30FNO6. The number of methoxy groups -OCH3 is 3. The Bertz CT molecular complexity index is 1900. The molecule has 7 nitrogen and oxygen atoms in total. The van der Waals surface area contributed by atoms with Crippen LogP contribution in [0.15, 0.2) is 84.9 Å². The minimum Gasteiger partial charge on any atom is -0.493 e. The highest BCUT2D eigenvalue weighted by Crippen LogP contribution is 2.63. The predicted octanol–water partition coefficient (Wildman–Crippen LogP) is 6.48. The van der Waals surface area contributed by atoms with Gasteiger partial charge in [0.05, 0.1) is 27.4 Å². The Morgan fingerprint density at radius 3 is 2.11 bits per heavy atom. The van der Waals surface area contributed by atoms with Crippen LogP contribution < -0.4 is 19.1 Å². The van der Waals surface area contributed by atoms with Crippen molar-refractivity contribution in [3.63, 3.8) is 0 Å². The van der Waals surface area contributed by atoms with E-state index >= 15 is 0 Å². The molecule has 7 rings (SSSR count). The van der Waals surface area contributed by atoms with Gasteiger partial charge in [0.2, 0.25) is 5.75 Å². The number of anilines is 1. The van der Waals surface area contributed by atoms with Gasteiger partial charge in [-0.25, -0.2) is 4.39 Å². The standard InChI is InChI=1S/C37H30FNO6/c1-20-9-11-21(12-10-20)32(40)31-30(26-15-17-28(43-2)34(45-4)33(26)44-3)37(35(41)24-7-5-6-8-25(24)36(37)42)29-18-13-22-19-23(38)14-16-27(22)39(29)31/h5-19,29-31H,1-4H3/t29-,30-,31+/m1/s1. The number of ketones is 3. The molecule has 0 radical (unpaired) electrons. The Hall–Kier alpha value is -5.24. The third-order valence-electron chi connectivity index (χ3n) is 9.44. The summed E-state index contributed by atoms with van der Waals surface area (Å²) in [6, 6.07) is 19.8. The third-order valence-corrected chi connectivity index (χ3v) is 9.44. The van der Waals surface area contributed by atoms with Gasteiger partial charge in [-0.1, -0.05) is 72.3 Å². The van der Waals surface area contributed by atoms with Gasteiger partial charge in [-0.05, 0) is 31.2 Å². The number of benzene rings is 4. The van der Waals surface area contributed by atoms with E-state index in [1.165, 1.54) is 33.5 Å². The SMILES string of the molecule is COc1ccc([C@@H]2[C@@H](C(=O)c3ccc(C)cc3)N3c4ccc(F)cc4C=C[C@@H]3C23C(=O)c2ccccc2C3=O)c(OC)c1OC. The molecule has 0 saturated carbocycles. The van der Waals surface area contributed by atoms with Crippen molar-refractivity contribution in [1.82, 2.24) is 0 Å². The second-order valence-electron chi connectivity index (χ2n) is 11.6. The smallest absolute Gasteiger partial charge is 0.203 e. The van der Waals surface area contributed by atoms with Crippen LogP contribution in [0.3, 0.4) is 0 Å². The Morgan fingerprint density at radius 1 is 0.822 bits per heavy atom. The maximum absolute atomic E-state index is 14.9. The average Bonchev–Trinajstić information content (AvgIpc) is 3.49. The Balaban J connectivity index is 1.59. The van der Waals surface area contributed by atoms with Gasteiger partial charge in [0.25, 0.3) is 0 Å². The molecule has 2 heterocycles. The molecule has 1 spiro atoms. The zero-order valence-corrected chi connectivity index (χ0v) is 25.2. The molecule has 45 heavy (non-hydrogen) atoms. The van der Waals surface area contributed by atoms with Gasteiger partial charge in [-0.2, -0.15) is 0 Å². The summed E-state index contributed by atoms with van der Waals surface area (Å²) >= 11 is 0. The molecule has 3 aliphatic rings. The summed E-state index contributed by atoms with van der Waals surface area (Å²) in [6.07, 6.45) is 3.48. The third kappa shape index (κ3) is 3.84. The van der Waals surface area contributed by atoms with Crippen LogP contribution in [-0.2, 0) is 0 Å². The van der Waals surface area contributed by atoms with E-state index in [0.29, 0.717) is 39.3 Å². The second kappa shape index (κ2) is 10.4. The van der Waals surface area contributed by atoms with Gasteiger partial charge in [0.1, 0.15) is 17.3 Å². The van der Waals surface area contributed by atoms with Gasteiger partial charge in [0.15, 0.2) is 28.8 Å². The van der Waals surface area contributed by atoms with Crippen molar-refractivity contribution in [2.24, 2.45) is 5.41 Å². The normalized spacial score (nSPS) is 20.6. The fourth-order valence-electron chi connectivity index (χ4n) is 7.55. The van der Waals surface area contributed by atoms with E-state index in [1.807, 2.05) is 24.0 Å². The van der Waals surface area contributed by atoms with Crippen LogP contribution in [0.2, 0.25) is 0 Å². The molecule has 1 saturated heterocycles. The number of aryl methyl sites for hydroxylation is 1. The highest BCUT2D eigenvalue weighted by molar-refractivity contribution is 6.32. The van der Waals surface area contributed by atoms with Crippen molar-refractivity contribution in [1.29, 1.82) is 0 Å². The molecule has 226 valence electrons. The number of hydrogen-bond donors (Lipinski definition) is 0. The van der Waals surface area contributed by atoms with E-state index in [2.05, 4.69) is 0 Å². The Morgan fingerprint density at radius 2 is 1.49 bits per heavy atom. The van der Waals surface area contributed by atoms with Crippen molar-refractivity contribution in [2.45, 2.75) is 24.9 Å². The van der Waals surface area contributed by atoms with Crippen LogP contribution >= 0.6 is 0 Å². The van der Waals surface area contributed by atoms with Crippen LogP contribution in [0.5, 0.6) is 17.2 Å². The van der Waals surface area contributed by atoms with Gasteiger partial charge >= 0.3 is 0 Å². The van der Waals surface area contributed by atoms with Crippen LogP contribution in [-0.4, -0.2) is 50.8 Å². The lowest BCUT2D eigenvalue weighted by molar-refractivity contribution is 0.0664. The summed E-state index contributed by atoms with van der Waals surface area (Å²) in [7, 11) is 4.44. The van der Waals surface area contributed by atoms with Gasteiger partial charge < -0.3 is 19.1 Å². The topological polar surface area (TPSA) is 82.1 Å². The molecule has 4 aromatic carbocycles. The zero-order chi connectivity index (χ0) is 31.6. The van der Waals surface area contributed by atoms with E-state index in [4.69, 9.17) is 14.2 Å². The molecular weight excluding hydrogens is 573 g/mol. The monoisotopic (exact) mass is 603 g/mol. The highest BCUT2D eigenvalue weighted by Gasteiger charge is 2.72. The molecule has 4 aromatic rings. The van der Waals surface area contributed by atoms with Crippen molar-refractivity contribution >= 4 is 29.1 Å². The number of carbonyl (C=O) groups excluding carboxylic acids is 3. The van der Waals surface area contributed by atoms with Crippen molar-refractivity contribution in [3.8, 4) is 17.2 Å². The minimum absolute atomic E-state index is 0.252. The summed E-state index contributed by atoms with van der Waals surface area (Å²) in [6.45, 7) is 1.93. The molecule has 0 amide bonds. The fourth-order valence-corrected chi connectivity index (χ4v) is 7.55. The lowest BCUT2D eigenvalue weighted by Crippen LogP contribution is -2.48. The number of carbonyl (C=O) groups is 3. The van der Waals surface area contributed by atoms with E-state index < -0.39 is 29.2 Å². The average molecular weight is 604 g/mol. The van der Waals surface area contributed by atoms with Crippen LogP contribution in [0, 0.1) is 18.2 Å². The van der Waals surface area contributed by atoms with E-state index in [-0.39, 0.29) is 28.8 Å². The molecule has 0 unspecified atom stereocenters. The molecule has 0 N–H and O–H groups in total. The lowest BCUT2D eigenvalue weighted by atomic mass is 9.64. The van der Waals surface area contributed by atoms with Gasteiger partial charge in [-0.3, -0.25) is 14.4 Å². The first-order valence-electron chi connectivity index (χ1n) is 14.6. The fraction of sp³-hybridized carbons (Fsp3) is 0.216. The van der Waals surface area contributed by atoms with Crippen LogP contribution in [0.1, 0.15) is 53.7 Å². The molecule has 1 fully saturated rings. The lowest BCUT2D eigenvalue weighted by Gasteiger charge is -2.37. The molecule has 1 aliphatic carbocycles. The summed E-state index contributed by atoms with van der Waals surface area (Å²) < 4.78 is 31.7. The summed E-state index contributed by atoms with van der Waals surface area (Å²) in [5.74, 6) is -1.62. The summed E-state index contributed by atoms with van der Waals surface area (Å²) in [4.78, 5) is 46.6. The van der Waals surface area contributed by atoms with Crippen LogP contribution in [0.25, 0.3) is 6.08 Å². The number of fused-ring (bicyclic) bond motifs is 5. The maximum Gasteiger partial charge on any atom is 0.203 e. The molecule has 8 heteroatoms. The van der Waals surface area contributed by atoms with Crippen molar-refractivity contribution in [3.05, 3.63) is 124 Å². The first-order valence-corrected chi connectivity index (χ1v) is 14.6. The summed E-state index contributed by atoms with van der Waals surface area (Å²) in [5.41, 5.74) is 1.77. The van der Waals surface area contributed by atoms with Gasteiger partial charge in [0, 0.05) is 39.4 Å². The van der Waals surface area contributed by atoms with E-state index in [9.17, 15) is 18.8 Å². The number of hydrogen-bond acceptors (Lipinski definition) is 7. The molecule has 0 aromatic heterocycles. The number of nitrogens with zero attached hydrogens (tertiary/aromatic N) is 1. The molecule has 3 atom stereocenters. The van der Waals surface area contributed by atoms with Crippen molar-refractivity contribution < 1.29 is 33.0 Å². The number of ether oxygens (including phenoxy) is 3. The minimum atomic E-state index is -1.76. The summed E-state index contributed by atoms with van der Waals surface area (Å²) in [5, 5.41) is 0. The van der Waals surface area contributed by atoms with E-state index in [1.54, 1.807) is 66.7 Å². The molecule has 0 bridgehead atoms. The number of rotatable bonds is 6. The highest BCUT2D eigenvalue weighted by atomic mass is 19.1. The number of halogens is 1. The zero-order valence-electron chi connectivity index (χ0n) is 25.2.